The van der Waals surface area contributed by atoms with Gasteiger partial charge < -0.3 is 16.8 Å². The lowest BCUT2D eigenvalue weighted by molar-refractivity contribution is 0.396. The van der Waals surface area contributed by atoms with Gasteiger partial charge in [-0.15, -0.1) is 5.10 Å². The van der Waals surface area contributed by atoms with Crippen LogP contribution in [0.2, 0.25) is 0 Å². The number of nitrogens with two attached hydrogens (primary N) is 2. The van der Waals surface area contributed by atoms with Gasteiger partial charge in [0.1, 0.15) is 5.82 Å². The van der Waals surface area contributed by atoms with Crippen LogP contribution in [0.15, 0.2) is 42.7 Å². The molecule has 0 spiro atoms. The van der Waals surface area contributed by atoms with Crippen molar-refractivity contribution in [2.45, 2.75) is 51.5 Å². The Bertz CT molecular complexity index is 1210. The normalized spacial score (nSPS) is 19.1. The molecule has 0 unspecified atom stereocenters. The molecule has 0 bridgehead atoms. The molecule has 0 amide bonds. The molecule has 5 N–H and O–H groups in total. The molecule has 0 aliphatic heterocycles. The molecule has 8 nitrogen and oxygen atoms in total. The van der Waals surface area contributed by atoms with Gasteiger partial charge in [0.25, 0.3) is 0 Å². The molecule has 0 saturated heterocycles. The van der Waals surface area contributed by atoms with E-state index in [9.17, 15) is 0 Å². The molecule has 1 saturated carbocycles. The molecule has 1 aliphatic rings. The topological polar surface area (TPSA) is 112 Å². The number of anilines is 3. The van der Waals surface area contributed by atoms with E-state index in [1.54, 1.807) is 10.7 Å². The molecule has 5 rings (SSSR count). The van der Waals surface area contributed by atoms with Crippen LogP contribution in [0.3, 0.4) is 0 Å². The van der Waals surface area contributed by atoms with Crippen LogP contribution in [0.25, 0.3) is 11.3 Å². The van der Waals surface area contributed by atoms with E-state index < -0.39 is 0 Å². The predicted octanol–water partition coefficient (Wildman–Crippen LogP) is 3.84. The number of hydrogen-bond donors (Lipinski definition) is 3. The predicted molar refractivity (Wildman–Crippen MR) is 123 cm³/mol. The number of nitrogen functional groups attached to an aromatic ring is 1. The van der Waals surface area contributed by atoms with Crippen molar-refractivity contribution < 1.29 is 0 Å². The molecule has 0 radical (unpaired) electrons. The van der Waals surface area contributed by atoms with Gasteiger partial charge in [0.15, 0.2) is 5.65 Å². The molecule has 3 heterocycles. The Labute approximate surface area is 181 Å². The minimum absolute atomic E-state index is 0.277. The Morgan fingerprint density at radius 1 is 1.03 bits per heavy atom. The third-order valence-corrected chi connectivity index (χ3v) is 6.18. The first-order valence-electron chi connectivity index (χ1n) is 10.8. The Hall–Kier alpha value is -3.39. The first-order chi connectivity index (χ1) is 15.0. The van der Waals surface area contributed by atoms with E-state index in [0.717, 1.165) is 65.3 Å². The van der Waals surface area contributed by atoms with E-state index in [1.165, 1.54) is 0 Å². The van der Waals surface area contributed by atoms with Gasteiger partial charge in [-0.25, -0.2) is 14.2 Å². The number of benzene rings is 1. The number of fused-ring (bicyclic) bond motifs is 1. The third-order valence-electron chi connectivity index (χ3n) is 6.18. The summed E-state index contributed by atoms with van der Waals surface area (Å²) in [6, 6.07) is 10.6. The van der Waals surface area contributed by atoms with Crippen LogP contribution >= 0.6 is 0 Å². The number of nitrogens with zero attached hydrogens (tertiary/aromatic N) is 5. The molecule has 8 heteroatoms. The molecule has 1 fully saturated rings. The summed E-state index contributed by atoms with van der Waals surface area (Å²) < 4.78 is 3.69. The average molecular weight is 417 g/mol. The van der Waals surface area contributed by atoms with E-state index in [2.05, 4.69) is 57.8 Å². The third kappa shape index (κ3) is 3.63. The molecule has 1 aromatic carbocycles. The van der Waals surface area contributed by atoms with Gasteiger partial charge in [0.2, 0.25) is 0 Å². The highest BCUT2D eigenvalue weighted by Gasteiger charge is 2.27. The fourth-order valence-corrected chi connectivity index (χ4v) is 4.64. The van der Waals surface area contributed by atoms with E-state index >= 15 is 0 Å². The highest BCUT2D eigenvalue weighted by atomic mass is 15.3. The Kier molecular flexibility index (Phi) is 4.86. The fourth-order valence-electron chi connectivity index (χ4n) is 4.64. The summed E-state index contributed by atoms with van der Waals surface area (Å²) in [7, 11) is 0. The van der Waals surface area contributed by atoms with Crippen molar-refractivity contribution in [3.8, 4) is 5.69 Å². The summed E-state index contributed by atoms with van der Waals surface area (Å²) >= 11 is 0. The number of nitrogens with one attached hydrogen (secondary N) is 1. The molecule has 1 aliphatic carbocycles. The molecule has 0 atom stereocenters. The largest absolute Gasteiger partial charge is 0.382 e. The van der Waals surface area contributed by atoms with Gasteiger partial charge in [-0.05, 0) is 75.8 Å². The van der Waals surface area contributed by atoms with Crippen molar-refractivity contribution in [1.82, 2.24) is 24.4 Å². The van der Waals surface area contributed by atoms with Crippen LogP contribution in [0.5, 0.6) is 0 Å². The van der Waals surface area contributed by atoms with Crippen LogP contribution in [-0.2, 0) is 0 Å². The maximum absolute atomic E-state index is 6.44. The highest BCUT2D eigenvalue weighted by Crippen LogP contribution is 2.41. The first-order valence-corrected chi connectivity index (χ1v) is 10.8. The smallest absolute Gasteiger partial charge is 0.177 e. The Balaban J connectivity index is 1.51. The van der Waals surface area contributed by atoms with Crippen LogP contribution in [0.4, 0.5) is 17.2 Å². The van der Waals surface area contributed by atoms with Crippen molar-refractivity contribution >= 4 is 22.8 Å². The summed E-state index contributed by atoms with van der Waals surface area (Å²) in [6.07, 6.45) is 7.59. The number of rotatable bonds is 4. The van der Waals surface area contributed by atoms with Gasteiger partial charge in [-0.3, -0.25) is 0 Å². The fraction of sp³-hybridized carbons (Fsp3) is 0.348. The zero-order valence-corrected chi connectivity index (χ0v) is 17.9. The van der Waals surface area contributed by atoms with Crippen LogP contribution in [-0.4, -0.2) is 30.4 Å². The van der Waals surface area contributed by atoms with E-state index in [4.69, 9.17) is 11.5 Å². The lowest BCUT2D eigenvalue weighted by atomic mass is 9.81. The maximum Gasteiger partial charge on any atom is 0.177 e. The number of aromatic nitrogens is 5. The Morgan fingerprint density at radius 3 is 2.45 bits per heavy atom. The van der Waals surface area contributed by atoms with Gasteiger partial charge in [-0.1, -0.05) is 0 Å². The molecule has 31 heavy (non-hydrogen) atoms. The second-order valence-corrected chi connectivity index (χ2v) is 8.49. The quantitative estimate of drug-likeness (QED) is 0.466. The number of imidazole rings is 1. The summed E-state index contributed by atoms with van der Waals surface area (Å²) in [6.45, 7) is 4.06. The van der Waals surface area contributed by atoms with Gasteiger partial charge >= 0.3 is 0 Å². The van der Waals surface area contributed by atoms with Gasteiger partial charge in [0.05, 0.1) is 17.1 Å². The minimum Gasteiger partial charge on any atom is -0.382 e. The molecule has 3 aromatic heterocycles. The van der Waals surface area contributed by atoms with Gasteiger partial charge in [-0.2, -0.15) is 5.10 Å². The maximum atomic E-state index is 6.44. The first kappa shape index (κ1) is 19.6. The highest BCUT2D eigenvalue weighted by molar-refractivity contribution is 5.81. The van der Waals surface area contributed by atoms with Crippen molar-refractivity contribution in [2.75, 3.05) is 11.1 Å². The summed E-state index contributed by atoms with van der Waals surface area (Å²) in [5.41, 5.74) is 19.4. The monoisotopic (exact) mass is 416 g/mol. The van der Waals surface area contributed by atoms with Crippen LogP contribution in [0.1, 0.15) is 48.6 Å². The van der Waals surface area contributed by atoms with E-state index in [-0.39, 0.29) is 6.04 Å². The second kappa shape index (κ2) is 7.70. The van der Waals surface area contributed by atoms with Crippen molar-refractivity contribution in [3.63, 3.8) is 0 Å². The summed E-state index contributed by atoms with van der Waals surface area (Å²) in [5, 5.41) is 12.7. The van der Waals surface area contributed by atoms with E-state index in [1.807, 2.05) is 17.8 Å². The summed E-state index contributed by atoms with van der Waals surface area (Å²) in [4.78, 5) is 4.55. The number of aryl methyl sites for hydroxylation is 2. The second-order valence-electron chi connectivity index (χ2n) is 8.49. The average Bonchev–Trinajstić information content (AvgIpc) is 3.35. The van der Waals surface area contributed by atoms with Crippen LogP contribution in [0, 0.1) is 13.8 Å². The SMILES string of the molecule is Cc1cc(C)n(-c2ccc(Nc3c(C4CCC(N)CC4)c(N)nn4ccnc34)cc2)n1. The lowest BCUT2D eigenvalue weighted by Gasteiger charge is -2.28. The Morgan fingerprint density at radius 2 is 1.77 bits per heavy atom. The van der Waals surface area contributed by atoms with Crippen molar-refractivity contribution in [2.24, 2.45) is 5.73 Å². The van der Waals surface area contributed by atoms with Gasteiger partial charge in [0, 0.05) is 35.4 Å². The molecular weight excluding hydrogens is 388 g/mol. The standard InChI is InChI=1S/C23H28N8/c1-14-13-15(2)31(28-14)19-9-7-18(8-10-19)27-21-20(16-3-5-17(24)6-4-16)22(25)29-30-12-11-26-23(21)30/h7-13,16-17,27H,3-6,24H2,1-2H3,(H2,25,29). The molecule has 160 valence electrons. The van der Waals surface area contributed by atoms with E-state index in [0.29, 0.717) is 11.7 Å². The number of hydrogen-bond acceptors (Lipinski definition) is 6. The van der Waals surface area contributed by atoms with Crippen molar-refractivity contribution in [1.29, 1.82) is 0 Å². The molecular formula is C23H28N8. The minimum atomic E-state index is 0.277. The van der Waals surface area contributed by atoms with Crippen LogP contribution < -0.4 is 16.8 Å². The zero-order valence-electron chi connectivity index (χ0n) is 17.9. The van der Waals surface area contributed by atoms with Crippen molar-refractivity contribution in [3.05, 3.63) is 59.7 Å². The lowest BCUT2D eigenvalue weighted by Crippen LogP contribution is -2.26. The summed E-state index contributed by atoms with van der Waals surface area (Å²) in [5.74, 6) is 0.873. The molecule has 4 aromatic rings. The zero-order chi connectivity index (χ0) is 21.5.